The minimum atomic E-state index is -3.37. The summed E-state index contributed by atoms with van der Waals surface area (Å²) in [4.78, 5) is 2.49. The summed E-state index contributed by atoms with van der Waals surface area (Å²) in [7, 11) is -3.37. The third kappa shape index (κ3) is 6.06. The normalized spacial score (nSPS) is 27.1. The van der Waals surface area contributed by atoms with Gasteiger partial charge < -0.3 is 5.32 Å². The molecule has 2 N–H and O–H groups in total. The molecule has 0 radical (unpaired) electrons. The van der Waals surface area contributed by atoms with Gasteiger partial charge in [-0.05, 0) is 65.8 Å². The highest BCUT2D eigenvalue weighted by Gasteiger charge is 2.46. The first-order chi connectivity index (χ1) is 16.2. The standard InChI is InChI=1S/C24H35Cl2IN4O2S/c1-2-34(32,33)31-14-12-30(13-15-31)23-24(9-6-4-3-5-7-10-24)11-8-22(29-23)28-21-17-19(26)18(25)16-20(21)27/h2,16-17,22-23,28-29H,1,3-15H2. The van der Waals surface area contributed by atoms with E-state index in [1.807, 2.05) is 12.1 Å². The lowest BCUT2D eigenvalue weighted by Gasteiger charge is -2.54. The lowest BCUT2D eigenvalue weighted by Crippen LogP contribution is -2.66. The van der Waals surface area contributed by atoms with E-state index in [-0.39, 0.29) is 17.7 Å². The van der Waals surface area contributed by atoms with Gasteiger partial charge in [-0.15, -0.1) is 0 Å². The zero-order valence-corrected chi connectivity index (χ0v) is 24.0. The molecule has 2 saturated heterocycles. The van der Waals surface area contributed by atoms with Crippen LogP contribution >= 0.6 is 45.8 Å². The predicted molar refractivity (Wildman–Crippen MR) is 150 cm³/mol. The van der Waals surface area contributed by atoms with Crippen LogP contribution < -0.4 is 10.6 Å². The first-order valence-corrected chi connectivity index (χ1v) is 15.6. The Kier molecular flexibility index (Phi) is 9.13. The number of piperazine rings is 1. The zero-order chi connectivity index (χ0) is 24.3. The van der Waals surface area contributed by atoms with E-state index in [1.165, 1.54) is 44.9 Å². The fourth-order valence-electron chi connectivity index (χ4n) is 5.90. The smallest absolute Gasteiger partial charge is 0.235 e. The van der Waals surface area contributed by atoms with Crippen LogP contribution in [-0.2, 0) is 10.0 Å². The van der Waals surface area contributed by atoms with Gasteiger partial charge in [0.05, 0.1) is 28.1 Å². The summed E-state index contributed by atoms with van der Waals surface area (Å²) in [5, 5.41) is 9.80. The van der Waals surface area contributed by atoms with Crippen molar-refractivity contribution < 1.29 is 8.42 Å². The summed E-state index contributed by atoms with van der Waals surface area (Å²) in [6.45, 7) is 5.95. The first-order valence-electron chi connectivity index (χ1n) is 12.3. The molecule has 3 fully saturated rings. The molecular formula is C24H35Cl2IN4O2S. The summed E-state index contributed by atoms with van der Waals surface area (Å²) in [6.07, 6.45) is 11.5. The number of sulfonamides is 1. The lowest BCUT2D eigenvalue weighted by atomic mass is 9.68. The van der Waals surface area contributed by atoms with Crippen LogP contribution in [0.4, 0.5) is 5.69 Å². The van der Waals surface area contributed by atoms with E-state index >= 15 is 0 Å². The van der Waals surface area contributed by atoms with Gasteiger partial charge in [0.25, 0.3) is 0 Å². The molecule has 34 heavy (non-hydrogen) atoms. The van der Waals surface area contributed by atoms with Crippen LogP contribution in [0.3, 0.4) is 0 Å². The minimum absolute atomic E-state index is 0.113. The number of halogens is 3. The average Bonchev–Trinajstić information content (AvgIpc) is 2.81. The molecule has 190 valence electrons. The number of hydrogen-bond donors (Lipinski definition) is 2. The summed E-state index contributed by atoms with van der Waals surface area (Å²) < 4.78 is 27.2. The molecular weight excluding hydrogens is 606 g/mol. The number of anilines is 1. The van der Waals surface area contributed by atoms with Crippen LogP contribution in [0, 0.1) is 8.99 Å². The van der Waals surface area contributed by atoms with Crippen molar-refractivity contribution in [2.24, 2.45) is 5.41 Å². The van der Waals surface area contributed by atoms with Crippen molar-refractivity contribution >= 4 is 61.5 Å². The second kappa shape index (κ2) is 11.5. The van der Waals surface area contributed by atoms with Crippen molar-refractivity contribution in [1.82, 2.24) is 14.5 Å². The van der Waals surface area contributed by atoms with E-state index in [2.05, 4.69) is 44.7 Å². The van der Waals surface area contributed by atoms with Gasteiger partial charge in [0.15, 0.2) is 0 Å². The second-order valence-electron chi connectivity index (χ2n) is 9.83. The second-order valence-corrected chi connectivity index (χ2v) is 13.7. The van der Waals surface area contributed by atoms with Crippen LogP contribution in [0.5, 0.6) is 0 Å². The predicted octanol–water partition coefficient (Wildman–Crippen LogP) is 5.87. The number of nitrogens with zero attached hydrogens (tertiary/aromatic N) is 2. The van der Waals surface area contributed by atoms with E-state index in [0.717, 1.165) is 40.6 Å². The fraction of sp³-hybridized carbons (Fsp3) is 0.667. The molecule has 2 atom stereocenters. The van der Waals surface area contributed by atoms with Gasteiger partial charge in [-0.2, -0.15) is 4.31 Å². The average molecular weight is 641 g/mol. The van der Waals surface area contributed by atoms with E-state index in [1.54, 1.807) is 4.31 Å². The molecule has 1 aromatic carbocycles. The maximum atomic E-state index is 12.3. The molecule has 2 aliphatic heterocycles. The molecule has 0 aromatic heterocycles. The minimum Gasteiger partial charge on any atom is -0.369 e. The first kappa shape index (κ1) is 26.9. The largest absolute Gasteiger partial charge is 0.369 e. The van der Waals surface area contributed by atoms with Gasteiger partial charge in [0, 0.05) is 35.2 Å². The highest BCUT2D eigenvalue weighted by atomic mass is 127. The van der Waals surface area contributed by atoms with E-state index in [4.69, 9.17) is 23.2 Å². The number of hydrogen-bond acceptors (Lipinski definition) is 5. The molecule has 0 bridgehead atoms. The van der Waals surface area contributed by atoms with Gasteiger partial charge in [0.1, 0.15) is 0 Å². The van der Waals surface area contributed by atoms with Crippen LogP contribution in [0.2, 0.25) is 10.0 Å². The fourth-order valence-corrected chi connectivity index (χ4v) is 7.92. The summed E-state index contributed by atoms with van der Waals surface area (Å²) in [5.41, 5.74) is 1.21. The molecule has 3 aliphatic rings. The maximum Gasteiger partial charge on any atom is 0.235 e. The Morgan fingerprint density at radius 2 is 1.65 bits per heavy atom. The number of nitrogens with one attached hydrogen (secondary N) is 2. The van der Waals surface area contributed by atoms with Crippen molar-refractivity contribution in [3.63, 3.8) is 0 Å². The van der Waals surface area contributed by atoms with Gasteiger partial charge >= 0.3 is 0 Å². The zero-order valence-electron chi connectivity index (χ0n) is 19.5. The van der Waals surface area contributed by atoms with Crippen LogP contribution in [0.15, 0.2) is 24.1 Å². The van der Waals surface area contributed by atoms with E-state index in [0.29, 0.717) is 23.1 Å². The van der Waals surface area contributed by atoms with Gasteiger partial charge in [-0.25, -0.2) is 8.42 Å². The molecule has 1 saturated carbocycles. The highest BCUT2D eigenvalue weighted by Crippen LogP contribution is 2.46. The van der Waals surface area contributed by atoms with Crippen molar-refractivity contribution in [3.05, 3.63) is 37.7 Å². The third-order valence-electron chi connectivity index (χ3n) is 7.77. The highest BCUT2D eigenvalue weighted by molar-refractivity contribution is 14.1. The Morgan fingerprint density at radius 1 is 1.03 bits per heavy atom. The molecule has 2 unspecified atom stereocenters. The molecule has 1 aliphatic carbocycles. The van der Waals surface area contributed by atoms with Gasteiger partial charge in [0.2, 0.25) is 10.0 Å². The van der Waals surface area contributed by atoms with E-state index in [9.17, 15) is 8.42 Å². The van der Waals surface area contributed by atoms with Crippen molar-refractivity contribution in [2.75, 3.05) is 31.5 Å². The van der Waals surface area contributed by atoms with Crippen LogP contribution in [0.1, 0.15) is 57.8 Å². The van der Waals surface area contributed by atoms with Crippen molar-refractivity contribution in [2.45, 2.75) is 70.1 Å². The quantitative estimate of drug-likeness (QED) is 0.312. The Morgan fingerprint density at radius 3 is 2.29 bits per heavy atom. The van der Waals surface area contributed by atoms with Crippen molar-refractivity contribution in [1.29, 1.82) is 0 Å². The topological polar surface area (TPSA) is 64.7 Å². The van der Waals surface area contributed by atoms with E-state index < -0.39 is 10.0 Å². The van der Waals surface area contributed by atoms with Crippen LogP contribution in [0.25, 0.3) is 0 Å². The Labute approximate surface area is 228 Å². The number of rotatable bonds is 5. The monoisotopic (exact) mass is 640 g/mol. The van der Waals surface area contributed by atoms with Gasteiger partial charge in [-0.1, -0.05) is 61.9 Å². The molecule has 4 rings (SSSR count). The Balaban J connectivity index is 1.53. The molecule has 10 heteroatoms. The van der Waals surface area contributed by atoms with Crippen LogP contribution in [-0.4, -0.2) is 56.1 Å². The molecule has 1 aromatic rings. The summed E-state index contributed by atoms with van der Waals surface area (Å²) >= 11 is 14.8. The molecule has 0 amide bonds. The lowest BCUT2D eigenvalue weighted by molar-refractivity contribution is -0.0333. The maximum absolute atomic E-state index is 12.3. The van der Waals surface area contributed by atoms with Gasteiger partial charge in [-0.3, -0.25) is 10.2 Å². The number of piperidine rings is 1. The SMILES string of the molecule is C=CS(=O)(=O)N1CCN(C2NC(Nc3cc(Cl)c(Cl)cc3I)CCC23CCCCCCC3)CC1. The number of benzene rings is 1. The summed E-state index contributed by atoms with van der Waals surface area (Å²) in [6, 6.07) is 3.80. The molecule has 6 nitrogen and oxygen atoms in total. The Bertz CT molecular complexity index is 977. The van der Waals surface area contributed by atoms with Crippen molar-refractivity contribution in [3.8, 4) is 0 Å². The summed E-state index contributed by atoms with van der Waals surface area (Å²) in [5.74, 6) is 0. The Hall–Kier alpha value is -0.100. The molecule has 2 heterocycles. The molecule has 1 spiro atoms. The third-order valence-corrected chi connectivity index (χ3v) is 10.9.